The summed E-state index contributed by atoms with van der Waals surface area (Å²) in [5.74, 6) is -1.03. The molecule has 32 heavy (non-hydrogen) atoms. The molecule has 2 N–H and O–H groups in total. The molecule has 1 atom stereocenters. The number of nitrogens with zero attached hydrogens (tertiary/aromatic N) is 3. The van der Waals surface area contributed by atoms with Gasteiger partial charge in [-0.1, -0.05) is 6.07 Å². The van der Waals surface area contributed by atoms with Crippen LogP contribution in [0.15, 0.2) is 24.4 Å². The number of H-pyrrole nitrogens is 1. The molecule has 2 aromatic rings. The number of carboxylic acids is 1. The molecule has 0 radical (unpaired) electrons. The predicted molar refractivity (Wildman–Crippen MR) is 109 cm³/mol. The van der Waals surface area contributed by atoms with Gasteiger partial charge in [-0.3, -0.25) is 9.89 Å². The molecule has 1 spiro atoms. The number of carbonyl (C=O) groups is 2. The number of thioether (sulfide) groups is 1. The van der Waals surface area contributed by atoms with Crippen LogP contribution in [0.25, 0.3) is 0 Å². The van der Waals surface area contributed by atoms with Crippen molar-refractivity contribution < 1.29 is 32.6 Å². The van der Waals surface area contributed by atoms with E-state index < -0.39 is 12.1 Å². The van der Waals surface area contributed by atoms with E-state index >= 15 is 0 Å². The number of likely N-dealkylation sites (tertiary alicyclic amines) is 1. The van der Waals surface area contributed by atoms with Crippen molar-refractivity contribution in [2.45, 2.75) is 42.7 Å². The van der Waals surface area contributed by atoms with Crippen LogP contribution in [0.2, 0.25) is 0 Å². The SMILES string of the molecule is O=C(O)C(F)(F)F.O=C(c1n[nH]c2c1CCC2)N1CC2(CC(Oc3ccccn3)CS2)C1. The number of fused-ring (bicyclic) bond motifs is 1. The van der Waals surface area contributed by atoms with Crippen molar-refractivity contribution in [3.05, 3.63) is 41.3 Å². The maximum atomic E-state index is 12.8. The summed E-state index contributed by atoms with van der Waals surface area (Å²) in [6.07, 6.45) is 0.918. The zero-order valence-electron chi connectivity index (χ0n) is 16.9. The van der Waals surface area contributed by atoms with E-state index in [1.165, 1.54) is 0 Å². The van der Waals surface area contributed by atoms with Gasteiger partial charge >= 0.3 is 12.1 Å². The number of carbonyl (C=O) groups excluding carboxylic acids is 1. The molecule has 0 saturated carbocycles. The normalized spacial score (nSPS) is 20.8. The van der Waals surface area contributed by atoms with E-state index in [-0.39, 0.29) is 16.8 Å². The molecule has 2 aromatic heterocycles. The van der Waals surface area contributed by atoms with Gasteiger partial charge in [-0.2, -0.15) is 18.3 Å². The van der Waals surface area contributed by atoms with Gasteiger partial charge < -0.3 is 14.7 Å². The fraction of sp³-hybridized carbons (Fsp3) is 0.500. The Bertz CT molecular complexity index is 992. The quantitative estimate of drug-likeness (QED) is 0.710. The van der Waals surface area contributed by atoms with Gasteiger partial charge in [0.25, 0.3) is 5.91 Å². The number of ether oxygens (including phenoxy) is 1. The van der Waals surface area contributed by atoms with Crippen LogP contribution in [0, 0.1) is 0 Å². The van der Waals surface area contributed by atoms with Crippen molar-refractivity contribution in [1.29, 1.82) is 0 Å². The van der Waals surface area contributed by atoms with Crippen molar-refractivity contribution in [2.24, 2.45) is 0 Å². The highest BCUT2D eigenvalue weighted by Crippen LogP contribution is 2.46. The Morgan fingerprint density at radius 2 is 2.03 bits per heavy atom. The molecular formula is C20H21F3N4O4S. The average Bonchev–Trinajstić information content (AvgIpc) is 3.42. The van der Waals surface area contributed by atoms with Gasteiger partial charge in [0.15, 0.2) is 5.69 Å². The standard InChI is InChI=1S/C18H20N4O2S.C2HF3O2/c23-17(16-13-4-3-5-14(13)20-21-16)22-10-18(11-22)8-12(9-25-18)24-15-6-1-2-7-19-15;3-2(4,5)1(6)7/h1-2,6-7,12H,3-5,8-11H2,(H,20,21);(H,6,7). The van der Waals surface area contributed by atoms with Crippen LogP contribution in [0.3, 0.4) is 0 Å². The van der Waals surface area contributed by atoms with Gasteiger partial charge in [-0.25, -0.2) is 9.78 Å². The Balaban J connectivity index is 0.000000307. The van der Waals surface area contributed by atoms with E-state index in [9.17, 15) is 18.0 Å². The molecule has 5 rings (SSSR count). The molecule has 2 fully saturated rings. The lowest BCUT2D eigenvalue weighted by molar-refractivity contribution is -0.192. The molecule has 2 aliphatic heterocycles. The second-order valence-electron chi connectivity index (χ2n) is 7.95. The van der Waals surface area contributed by atoms with Gasteiger partial charge in [0.2, 0.25) is 5.88 Å². The Morgan fingerprint density at radius 3 is 2.69 bits per heavy atom. The first-order chi connectivity index (χ1) is 15.2. The van der Waals surface area contributed by atoms with Crippen LogP contribution in [-0.2, 0) is 17.6 Å². The Kier molecular flexibility index (Phi) is 6.06. The largest absolute Gasteiger partial charge is 0.490 e. The van der Waals surface area contributed by atoms with Gasteiger partial charge in [-0.15, -0.1) is 11.8 Å². The molecule has 1 amide bonds. The highest BCUT2D eigenvalue weighted by atomic mass is 32.2. The topological polar surface area (TPSA) is 108 Å². The molecule has 4 heterocycles. The minimum absolute atomic E-state index is 0.0831. The molecule has 0 bridgehead atoms. The summed E-state index contributed by atoms with van der Waals surface area (Å²) < 4.78 is 37.9. The maximum absolute atomic E-state index is 12.8. The van der Waals surface area contributed by atoms with Crippen LogP contribution in [-0.4, -0.2) is 72.9 Å². The monoisotopic (exact) mass is 470 g/mol. The first kappa shape index (κ1) is 22.4. The van der Waals surface area contributed by atoms with Crippen molar-refractivity contribution in [3.8, 4) is 5.88 Å². The van der Waals surface area contributed by atoms with Gasteiger partial charge in [0.05, 0.1) is 4.75 Å². The molecule has 2 saturated heterocycles. The van der Waals surface area contributed by atoms with Gasteiger partial charge in [0.1, 0.15) is 6.10 Å². The lowest BCUT2D eigenvalue weighted by atomic mass is 9.92. The number of hydrogen-bond acceptors (Lipinski definition) is 6. The summed E-state index contributed by atoms with van der Waals surface area (Å²) in [7, 11) is 0. The Hall–Kier alpha value is -2.76. The Morgan fingerprint density at radius 1 is 1.28 bits per heavy atom. The number of nitrogens with one attached hydrogen (secondary N) is 1. The number of pyridine rings is 1. The van der Waals surface area contributed by atoms with Crippen molar-refractivity contribution in [1.82, 2.24) is 20.1 Å². The molecule has 8 nitrogen and oxygen atoms in total. The summed E-state index contributed by atoms with van der Waals surface area (Å²) in [6, 6.07) is 5.72. The highest BCUT2D eigenvalue weighted by molar-refractivity contribution is 8.01. The van der Waals surface area contributed by atoms with Crippen molar-refractivity contribution in [2.75, 3.05) is 18.8 Å². The minimum Gasteiger partial charge on any atom is -0.475 e. The average molecular weight is 470 g/mol. The number of halogens is 3. The predicted octanol–water partition coefficient (Wildman–Crippen LogP) is 2.71. The van der Waals surface area contributed by atoms with E-state index in [1.54, 1.807) is 6.20 Å². The molecule has 0 aromatic carbocycles. The van der Waals surface area contributed by atoms with Gasteiger partial charge in [-0.05, 0) is 25.3 Å². The fourth-order valence-corrected chi connectivity index (χ4v) is 5.65. The summed E-state index contributed by atoms with van der Waals surface area (Å²) in [4.78, 5) is 27.8. The van der Waals surface area contributed by atoms with E-state index in [4.69, 9.17) is 14.6 Å². The molecule has 12 heteroatoms. The summed E-state index contributed by atoms with van der Waals surface area (Å²) >= 11 is 1.93. The molecule has 172 valence electrons. The number of aryl methyl sites for hydroxylation is 1. The third-order valence-corrected chi connectivity index (χ3v) is 7.17. The maximum Gasteiger partial charge on any atom is 0.490 e. The molecule has 3 aliphatic rings. The van der Waals surface area contributed by atoms with Crippen molar-refractivity contribution >= 4 is 23.6 Å². The second kappa shape index (κ2) is 8.64. The number of hydrogen-bond donors (Lipinski definition) is 2. The smallest absolute Gasteiger partial charge is 0.475 e. The number of rotatable bonds is 3. The number of aromatic amines is 1. The second-order valence-corrected chi connectivity index (χ2v) is 9.44. The lowest BCUT2D eigenvalue weighted by Crippen LogP contribution is -2.61. The Labute approximate surface area is 185 Å². The highest BCUT2D eigenvalue weighted by Gasteiger charge is 2.52. The molecular weight excluding hydrogens is 449 g/mol. The van der Waals surface area contributed by atoms with Crippen LogP contribution in [0.4, 0.5) is 13.2 Å². The third-order valence-electron chi connectivity index (χ3n) is 5.60. The fourth-order valence-electron chi connectivity index (χ4n) is 4.13. The van der Waals surface area contributed by atoms with E-state index in [0.29, 0.717) is 11.6 Å². The summed E-state index contributed by atoms with van der Waals surface area (Å²) in [6.45, 7) is 1.58. The van der Waals surface area contributed by atoms with E-state index in [1.807, 2.05) is 34.9 Å². The van der Waals surface area contributed by atoms with Crippen molar-refractivity contribution in [3.63, 3.8) is 0 Å². The number of amides is 1. The zero-order chi connectivity index (χ0) is 22.9. The molecule has 1 unspecified atom stereocenters. The van der Waals surface area contributed by atoms with E-state index in [0.717, 1.165) is 55.8 Å². The minimum atomic E-state index is -5.08. The third kappa shape index (κ3) is 4.69. The molecule has 1 aliphatic carbocycles. The van der Waals surface area contributed by atoms with Crippen LogP contribution >= 0.6 is 11.8 Å². The number of alkyl halides is 3. The zero-order valence-corrected chi connectivity index (χ0v) is 17.7. The van der Waals surface area contributed by atoms with Crippen LogP contribution in [0.5, 0.6) is 5.88 Å². The first-order valence-electron chi connectivity index (χ1n) is 10.0. The summed E-state index contributed by atoms with van der Waals surface area (Å²) in [5, 5.41) is 14.4. The number of aliphatic carboxylic acids is 1. The number of carboxylic acid groups (broad SMARTS) is 1. The van der Waals surface area contributed by atoms with Crippen LogP contribution < -0.4 is 4.74 Å². The lowest BCUT2D eigenvalue weighted by Gasteiger charge is -2.47. The van der Waals surface area contributed by atoms with E-state index in [2.05, 4.69) is 15.2 Å². The van der Waals surface area contributed by atoms with Gasteiger partial charge in [0, 0.05) is 48.8 Å². The first-order valence-corrected chi connectivity index (χ1v) is 11.0. The van der Waals surface area contributed by atoms with Crippen LogP contribution in [0.1, 0.15) is 34.6 Å². The number of aromatic nitrogens is 3. The summed E-state index contributed by atoms with van der Waals surface area (Å²) in [5.41, 5.74) is 2.94.